The van der Waals surface area contributed by atoms with Crippen LogP contribution in [0.4, 0.5) is 30.7 Å². The molecule has 0 atom stereocenters. The lowest BCUT2D eigenvalue weighted by molar-refractivity contribution is -0.129. The van der Waals surface area contributed by atoms with E-state index in [1.165, 1.54) is 49.8 Å². The molecule has 0 saturated carbocycles. The third-order valence-electron chi connectivity index (χ3n) is 8.48. The van der Waals surface area contributed by atoms with Crippen molar-refractivity contribution in [3.8, 4) is 11.5 Å². The van der Waals surface area contributed by atoms with Crippen LogP contribution in [-0.2, 0) is 4.79 Å². The number of hydrogen-bond donors (Lipinski definition) is 5. The molecule has 0 unspecified atom stereocenters. The molecule has 2 aromatic heterocycles. The molecule has 4 aromatic rings. The fourth-order valence-electron chi connectivity index (χ4n) is 5.64. The molecule has 272 valence electrons. The zero-order valence-corrected chi connectivity index (χ0v) is 30.0. The first kappa shape index (κ1) is 37.4. The van der Waals surface area contributed by atoms with Crippen LogP contribution in [-0.4, -0.2) is 84.8 Å². The lowest BCUT2D eigenvalue weighted by Gasteiger charge is -2.31. The number of piperidine rings is 2. The van der Waals surface area contributed by atoms with E-state index in [1.54, 1.807) is 6.92 Å². The van der Waals surface area contributed by atoms with Crippen LogP contribution in [0.5, 0.6) is 11.5 Å². The van der Waals surface area contributed by atoms with Crippen molar-refractivity contribution in [3.05, 3.63) is 68.9 Å². The summed E-state index contributed by atoms with van der Waals surface area (Å²) in [5.74, 6) is -1.40. The number of amides is 1. The van der Waals surface area contributed by atoms with Gasteiger partial charge in [-0.25, -0.2) is 18.7 Å². The van der Waals surface area contributed by atoms with Crippen LogP contribution in [0.2, 0.25) is 0 Å². The number of likely N-dealkylation sites (tertiary alicyclic amines) is 1. The van der Waals surface area contributed by atoms with Crippen LogP contribution in [0.25, 0.3) is 0 Å². The molecule has 2 aromatic carbocycles. The highest BCUT2D eigenvalue weighted by atomic mass is 32.1. The molecule has 0 radical (unpaired) electrons. The third-order valence-corrected chi connectivity index (χ3v) is 10.5. The van der Waals surface area contributed by atoms with Crippen molar-refractivity contribution in [2.24, 2.45) is 0 Å². The summed E-state index contributed by atoms with van der Waals surface area (Å²) in [7, 11) is 2.74. The van der Waals surface area contributed by atoms with Gasteiger partial charge in [-0.1, -0.05) is 22.7 Å². The second-order valence-corrected chi connectivity index (χ2v) is 13.9. The summed E-state index contributed by atoms with van der Waals surface area (Å²) in [6.45, 7) is 4.84. The van der Waals surface area contributed by atoms with Crippen molar-refractivity contribution in [1.82, 2.24) is 20.2 Å². The summed E-state index contributed by atoms with van der Waals surface area (Å²) in [6.07, 6.45) is 3.58. The zero-order chi connectivity index (χ0) is 36.7. The predicted molar refractivity (Wildman–Crippen MR) is 194 cm³/mol. The summed E-state index contributed by atoms with van der Waals surface area (Å²) >= 11 is 2.35. The topological polar surface area (TPSA) is 187 Å². The molecule has 13 nitrogen and oxygen atoms in total. The minimum atomic E-state index is -0.609. The van der Waals surface area contributed by atoms with Crippen molar-refractivity contribution in [2.45, 2.75) is 44.7 Å². The molecule has 7 N–H and O–H groups in total. The van der Waals surface area contributed by atoms with Gasteiger partial charge in [0.25, 0.3) is 0 Å². The van der Waals surface area contributed by atoms with Gasteiger partial charge in [0.2, 0.25) is 17.5 Å². The summed E-state index contributed by atoms with van der Waals surface area (Å²) in [4.78, 5) is 47.5. The maximum absolute atomic E-state index is 13.9. The van der Waals surface area contributed by atoms with E-state index in [4.69, 9.17) is 20.9 Å². The van der Waals surface area contributed by atoms with Crippen molar-refractivity contribution in [1.29, 1.82) is 0 Å². The summed E-state index contributed by atoms with van der Waals surface area (Å²) < 4.78 is 37.4. The Morgan fingerprint density at radius 2 is 1.22 bits per heavy atom. The van der Waals surface area contributed by atoms with Crippen molar-refractivity contribution in [3.63, 3.8) is 0 Å². The molecule has 4 heterocycles. The Balaban J connectivity index is 0.000000199. The first-order valence-corrected chi connectivity index (χ1v) is 17.9. The molecule has 17 heteroatoms. The van der Waals surface area contributed by atoms with E-state index in [2.05, 4.69) is 25.9 Å². The van der Waals surface area contributed by atoms with Gasteiger partial charge in [-0.3, -0.25) is 14.4 Å². The molecule has 0 spiro atoms. The predicted octanol–water partition coefficient (Wildman–Crippen LogP) is 4.79. The highest BCUT2D eigenvalue weighted by Crippen LogP contribution is 2.31. The number of rotatable bonds is 10. The van der Waals surface area contributed by atoms with Crippen LogP contribution < -0.4 is 36.9 Å². The standard InChI is InChI=1S/C18H21FN4O3S.C16H19FN4O2S/c1-10(24)23-7-5-12(6-8-23)21-18-22-17(20)16(27-18)15(25)11-3-4-14(26-2)13(19)9-11;1-23-12-3-2-9(8-11(12)17)13(22)14-15(18)21-16(24-14)20-10-4-6-19-7-5-10/h3-4,9,12H,5-8,20H2,1-2H3,(H,21,22);2-3,8,10,19H,4-7,18H2,1H3,(H,20,21). The minimum Gasteiger partial charge on any atom is -0.494 e. The fourth-order valence-corrected chi connectivity index (χ4v) is 7.49. The van der Waals surface area contributed by atoms with Crippen LogP contribution in [0.3, 0.4) is 0 Å². The van der Waals surface area contributed by atoms with Gasteiger partial charge in [0, 0.05) is 43.2 Å². The first-order chi connectivity index (χ1) is 24.5. The second-order valence-electron chi connectivity index (χ2n) is 11.9. The molecule has 6 rings (SSSR count). The Morgan fingerprint density at radius 3 is 1.61 bits per heavy atom. The molecule has 0 aliphatic carbocycles. The number of nitrogens with zero attached hydrogens (tertiary/aromatic N) is 3. The zero-order valence-electron chi connectivity index (χ0n) is 28.4. The first-order valence-electron chi connectivity index (χ1n) is 16.3. The van der Waals surface area contributed by atoms with Gasteiger partial charge < -0.3 is 41.8 Å². The number of anilines is 4. The van der Waals surface area contributed by atoms with E-state index in [0.717, 1.165) is 62.2 Å². The lowest BCUT2D eigenvalue weighted by Crippen LogP contribution is -2.41. The largest absolute Gasteiger partial charge is 0.494 e. The smallest absolute Gasteiger partial charge is 0.219 e. The SMILES string of the molecule is COc1ccc(C(=O)c2sc(NC3CCN(C(C)=O)CC3)nc2N)cc1F.COc1ccc(C(=O)c2sc(NC3CCNCC3)nc2N)cc1F. The van der Waals surface area contributed by atoms with Gasteiger partial charge in [0.05, 0.1) is 14.2 Å². The summed E-state index contributed by atoms with van der Waals surface area (Å²) in [6, 6.07) is 8.60. The highest BCUT2D eigenvalue weighted by Gasteiger charge is 2.25. The van der Waals surface area contributed by atoms with Crippen molar-refractivity contribution >= 4 is 62.0 Å². The number of nitrogen functional groups attached to an aromatic ring is 2. The Bertz CT molecular complexity index is 1870. The molecule has 2 aliphatic heterocycles. The number of nitrogens with one attached hydrogen (secondary N) is 3. The van der Waals surface area contributed by atoms with E-state index in [-0.39, 0.29) is 62.7 Å². The molecule has 1 amide bonds. The Morgan fingerprint density at radius 1 is 0.784 bits per heavy atom. The molecule has 2 aliphatic rings. The van der Waals surface area contributed by atoms with Gasteiger partial charge in [0.1, 0.15) is 21.4 Å². The van der Waals surface area contributed by atoms with Gasteiger partial charge >= 0.3 is 0 Å². The number of halogens is 2. The van der Waals surface area contributed by atoms with Gasteiger partial charge in [-0.15, -0.1) is 0 Å². The molecular weight excluding hydrogens is 703 g/mol. The van der Waals surface area contributed by atoms with Gasteiger partial charge in [-0.2, -0.15) is 0 Å². The number of methoxy groups -OCH3 is 2. The number of ether oxygens (including phenoxy) is 2. The summed E-state index contributed by atoms with van der Waals surface area (Å²) in [5, 5.41) is 11.1. The molecule has 2 fully saturated rings. The second kappa shape index (κ2) is 16.9. The third kappa shape index (κ3) is 9.28. The number of thiazole rings is 2. The van der Waals surface area contributed by atoms with E-state index in [0.29, 0.717) is 34.3 Å². The highest BCUT2D eigenvalue weighted by molar-refractivity contribution is 7.18. The van der Waals surface area contributed by atoms with Gasteiger partial charge in [0.15, 0.2) is 33.4 Å². The van der Waals surface area contributed by atoms with Crippen LogP contribution >= 0.6 is 22.7 Å². The molecular formula is C34H40F2N8O5S2. The number of hydrogen-bond acceptors (Lipinski definition) is 14. The summed E-state index contributed by atoms with van der Waals surface area (Å²) in [5.41, 5.74) is 12.2. The number of carbonyl (C=O) groups is 3. The van der Waals surface area contributed by atoms with Crippen LogP contribution in [0.15, 0.2) is 36.4 Å². The monoisotopic (exact) mass is 742 g/mol. The maximum atomic E-state index is 13.9. The molecule has 51 heavy (non-hydrogen) atoms. The van der Waals surface area contributed by atoms with E-state index < -0.39 is 11.6 Å². The fraction of sp³-hybridized carbons (Fsp3) is 0.382. The normalized spacial score (nSPS) is 15.0. The number of ketones is 2. The Labute approximate surface area is 301 Å². The molecule has 0 bridgehead atoms. The molecule has 2 saturated heterocycles. The number of nitrogens with two attached hydrogens (primary N) is 2. The van der Waals surface area contributed by atoms with E-state index in [1.807, 2.05) is 4.90 Å². The Kier molecular flexibility index (Phi) is 12.4. The minimum absolute atomic E-state index is 0.0723. The number of benzene rings is 2. The Hall–Kier alpha value is -4.87. The van der Waals surface area contributed by atoms with Crippen LogP contribution in [0, 0.1) is 11.6 Å². The average Bonchev–Trinajstić information content (AvgIpc) is 3.68. The average molecular weight is 743 g/mol. The van der Waals surface area contributed by atoms with Gasteiger partial charge in [-0.05, 0) is 75.2 Å². The number of carbonyl (C=O) groups excluding carboxylic acids is 3. The lowest BCUT2D eigenvalue weighted by atomic mass is 10.1. The quantitative estimate of drug-likeness (QED) is 0.140. The van der Waals surface area contributed by atoms with E-state index >= 15 is 0 Å². The maximum Gasteiger partial charge on any atom is 0.219 e. The number of aromatic nitrogens is 2. The van der Waals surface area contributed by atoms with Crippen LogP contribution in [0.1, 0.15) is 63.1 Å². The van der Waals surface area contributed by atoms with Crippen molar-refractivity contribution in [2.75, 3.05) is 62.5 Å². The van der Waals surface area contributed by atoms with Crippen molar-refractivity contribution < 1.29 is 32.6 Å². The van der Waals surface area contributed by atoms with E-state index in [9.17, 15) is 23.2 Å².